The van der Waals surface area contributed by atoms with Gasteiger partial charge in [-0.05, 0) is 53.1 Å². The van der Waals surface area contributed by atoms with Gasteiger partial charge in [-0.2, -0.15) is 10.4 Å². The van der Waals surface area contributed by atoms with Gasteiger partial charge in [-0.25, -0.2) is 14.3 Å². The maximum Gasteiger partial charge on any atom is 0.338 e. The number of benzene rings is 5. The molecule has 1 fully saturated rings. The minimum atomic E-state index is -2.20. The van der Waals surface area contributed by atoms with Crippen LogP contribution >= 0.6 is 0 Å². The summed E-state index contributed by atoms with van der Waals surface area (Å²) >= 11 is 0. The number of nitrogens with zero attached hydrogens (tertiary/aromatic N) is 4. The molecule has 2 aromatic heterocycles. The third-order valence-corrected chi connectivity index (χ3v) is 9.77. The summed E-state index contributed by atoms with van der Waals surface area (Å²) in [6, 6.07) is 50.9. The number of ketones is 1. The van der Waals surface area contributed by atoms with Crippen LogP contribution in [0.25, 0.3) is 5.52 Å². The van der Waals surface area contributed by atoms with E-state index in [1.165, 1.54) is 16.9 Å². The number of nitrogens with one attached hydrogen (secondary N) is 1. The Hall–Kier alpha value is -7.26. The van der Waals surface area contributed by atoms with Crippen molar-refractivity contribution in [2.24, 2.45) is 0 Å². The molecular weight excluding hydrogens is 707 g/mol. The lowest BCUT2D eigenvalue weighted by atomic mass is 9.80. The van der Waals surface area contributed by atoms with E-state index in [2.05, 4.69) is 21.5 Å². The number of rotatable bonds is 11. The molecule has 11 nitrogen and oxygen atoms in total. The molecule has 7 aromatic rings. The van der Waals surface area contributed by atoms with Crippen molar-refractivity contribution < 1.29 is 28.6 Å². The first-order chi connectivity index (χ1) is 27.4. The summed E-state index contributed by atoms with van der Waals surface area (Å²) in [7, 11) is 0. The molecule has 1 N–H and O–H groups in total. The van der Waals surface area contributed by atoms with Crippen LogP contribution < -0.4 is 5.32 Å². The second kappa shape index (κ2) is 15.2. The highest BCUT2D eigenvalue weighted by Gasteiger charge is 2.61. The summed E-state index contributed by atoms with van der Waals surface area (Å²) in [6.07, 6.45) is -1.93. The van der Waals surface area contributed by atoms with E-state index < -0.39 is 41.1 Å². The zero-order valence-electron chi connectivity index (χ0n) is 29.8. The molecule has 5 aromatic carbocycles. The number of amides is 1. The van der Waals surface area contributed by atoms with Crippen LogP contribution in [0, 0.1) is 11.3 Å². The molecule has 8 rings (SSSR count). The molecule has 3 atom stereocenters. The van der Waals surface area contributed by atoms with Crippen molar-refractivity contribution in [1.82, 2.24) is 14.6 Å². The first-order valence-electron chi connectivity index (χ1n) is 17.8. The van der Waals surface area contributed by atoms with E-state index in [9.17, 15) is 19.6 Å². The summed E-state index contributed by atoms with van der Waals surface area (Å²) < 4.78 is 20.8. The number of nitriles is 1. The summed E-state index contributed by atoms with van der Waals surface area (Å²) in [5.74, 6) is -1.77. The lowest BCUT2D eigenvalue weighted by Crippen LogP contribution is -2.42. The summed E-state index contributed by atoms with van der Waals surface area (Å²) in [4.78, 5) is 45.7. The fraction of sp³-hybridized carbons (Fsp3) is 0.111. The van der Waals surface area contributed by atoms with Crippen molar-refractivity contribution >= 4 is 29.0 Å². The first kappa shape index (κ1) is 35.8. The van der Waals surface area contributed by atoms with Crippen molar-refractivity contribution in [3.63, 3.8) is 0 Å². The van der Waals surface area contributed by atoms with Gasteiger partial charge in [0.05, 0.1) is 17.9 Å². The number of fused-ring (bicyclic) bond motifs is 1. The molecule has 1 aliphatic heterocycles. The molecule has 3 heterocycles. The second-order valence-corrected chi connectivity index (χ2v) is 13.0. The van der Waals surface area contributed by atoms with Gasteiger partial charge in [0.2, 0.25) is 17.5 Å². The van der Waals surface area contributed by atoms with E-state index in [0.29, 0.717) is 11.1 Å². The van der Waals surface area contributed by atoms with Crippen LogP contribution in [0.3, 0.4) is 0 Å². The Bertz CT molecular complexity index is 2450. The average molecular weight is 740 g/mol. The smallest absolute Gasteiger partial charge is 0.338 e. The van der Waals surface area contributed by atoms with Gasteiger partial charge in [0.15, 0.2) is 5.82 Å². The number of ether oxygens (including phenoxy) is 3. The van der Waals surface area contributed by atoms with Crippen molar-refractivity contribution in [3.05, 3.63) is 204 Å². The highest BCUT2D eigenvalue weighted by molar-refractivity contribution is 6.05. The number of carbonyl (C=O) groups is 3. The summed E-state index contributed by atoms with van der Waals surface area (Å²) in [5.41, 5.74) is -0.0773. The molecule has 0 aliphatic carbocycles. The van der Waals surface area contributed by atoms with Gasteiger partial charge < -0.3 is 19.5 Å². The minimum Gasteiger partial charge on any atom is -0.446 e. The third-order valence-electron chi connectivity index (χ3n) is 9.77. The monoisotopic (exact) mass is 739 g/mol. The Labute approximate surface area is 321 Å². The Morgan fingerprint density at radius 3 is 1.80 bits per heavy atom. The normalized spacial score (nSPS) is 17.9. The summed E-state index contributed by atoms with van der Waals surface area (Å²) in [6.45, 7) is -0.336. The predicted octanol–water partition coefficient (Wildman–Crippen LogP) is 6.90. The summed E-state index contributed by atoms with van der Waals surface area (Å²) in [5, 5.41) is 18.3. The van der Waals surface area contributed by atoms with Gasteiger partial charge in [-0.3, -0.25) is 9.59 Å². The average Bonchev–Trinajstić information content (AvgIpc) is 3.82. The van der Waals surface area contributed by atoms with E-state index in [0.717, 1.165) is 16.7 Å². The van der Waals surface area contributed by atoms with Crippen LogP contribution in [0.4, 0.5) is 5.82 Å². The molecule has 1 saturated heterocycles. The Morgan fingerprint density at radius 2 is 1.27 bits per heavy atom. The molecule has 1 amide bonds. The molecule has 0 unspecified atom stereocenters. The number of Topliss-reactive ketones (excluding diaryl/α,β-unsaturated/α-hetero) is 1. The number of anilines is 1. The van der Waals surface area contributed by atoms with Gasteiger partial charge in [0, 0.05) is 5.56 Å². The Balaban J connectivity index is 1.21. The standard InChI is InChI=1S/C45H33N5O6/c46-29-44(38-27-26-36-41(47-30-48-50(36)38)49-42(52)31-16-6-1-7-17-31)40(55-43(53)32-18-8-2-9-19-32)39(51)37(56-44)28-54-45(33-20-10-3-11-21-33,34-22-12-4-13-23-34)35-24-14-5-15-25-35/h1-27,30,37,40H,28H2,(H,47,48,49,52)/t37-,40+,44+/m1/s1. The van der Waals surface area contributed by atoms with Crippen LogP contribution in [0.1, 0.15) is 43.1 Å². The van der Waals surface area contributed by atoms with Gasteiger partial charge in [-0.15, -0.1) is 0 Å². The molecule has 0 saturated carbocycles. The van der Waals surface area contributed by atoms with Gasteiger partial charge in [-0.1, -0.05) is 127 Å². The van der Waals surface area contributed by atoms with Crippen molar-refractivity contribution in [2.45, 2.75) is 23.4 Å². The van der Waals surface area contributed by atoms with Crippen LogP contribution in [-0.4, -0.2) is 51.1 Å². The SMILES string of the molecule is N#C[C@@]1(c2ccc3c(NC(=O)c4ccccc4)ncnn23)O[C@H](COC(c2ccccc2)(c2ccccc2)c2ccccc2)C(=O)[C@@H]1OC(=O)c1ccccc1. The van der Waals surface area contributed by atoms with E-state index in [-0.39, 0.29) is 23.7 Å². The van der Waals surface area contributed by atoms with Crippen LogP contribution in [0.15, 0.2) is 170 Å². The number of aromatic nitrogens is 3. The fourth-order valence-corrected chi connectivity index (χ4v) is 7.11. The largest absolute Gasteiger partial charge is 0.446 e. The lowest BCUT2D eigenvalue weighted by Gasteiger charge is -2.36. The second-order valence-electron chi connectivity index (χ2n) is 13.0. The maximum absolute atomic E-state index is 14.6. The quantitative estimate of drug-likeness (QED) is 0.111. The van der Waals surface area contributed by atoms with E-state index in [4.69, 9.17) is 14.2 Å². The minimum absolute atomic E-state index is 0.0785. The molecule has 56 heavy (non-hydrogen) atoms. The molecule has 0 bridgehead atoms. The van der Waals surface area contributed by atoms with Gasteiger partial charge >= 0.3 is 5.97 Å². The number of hydrogen-bond donors (Lipinski definition) is 1. The fourth-order valence-electron chi connectivity index (χ4n) is 7.11. The van der Waals surface area contributed by atoms with E-state index in [1.54, 1.807) is 66.7 Å². The number of hydrogen-bond acceptors (Lipinski definition) is 9. The Morgan fingerprint density at radius 1 is 0.750 bits per heavy atom. The Kier molecular flexibility index (Phi) is 9.73. The maximum atomic E-state index is 14.6. The van der Waals surface area contributed by atoms with Crippen molar-refractivity contribution in [3.8, 4) is 6.07 Å². The van der Waals surface area contributed by atoms with E-state index >= 15 is 0 Å². The van der Waals surface area contributed by atoms with Crippen molar-refractivity contribution in [1.29, 1.82) is 5.26 Å². The van der Waals surface area contributed by atoms with Gasteiger partial charge in [0.25, 0.3) is 5.91 Å². The zero-order chi connectivity index (χ0) is 38.5. The van der Waals surface area contributed by atoms with Crippen LogP contribution in [-0.2, 0) is 30.2 Å². The highest BCUT2D eigenvalue weighted by Crippen LogP contribution is 2.44. The number of carbonyl (C=O) groups excluding carboxylic acids is 3. The van der Waals surface area contributed by atoms with Gasteiger partial charge in [0.1, 0.15) is 29.6 Å². The molecular formula is C45H33N5O6. The molecule has 0 spiro atoms. The van der Waals surface area contributed by atoms with E-state index in [1.807, 2.05) is 91.0 Å². The topological polar surface area (TPSA) is 145 Å². The highest BCUT2D eigenvalue weighted by atomic mass is 16.6. The predicted molar refractivity (Wildman–Crippen MR) is 205 cm³/mol. The lowest BCUT2D eigenvalue weighted by molar-refractivity contribution is -0.132. The molecule has 1 aliphatic rings. The number of esters is 1. The zero-order valence-corrected chi connectivity index (χ0v) is 29.8. The first-order valence-corrected chi connectivity index (χ1v) is 17.8. The molecule has 11 heteroatoms. The van der Waals surface area contributed by atoms with Crippen LogP contribution in [0.5, 0.6) is 0 Å². The van der Waals surface area contributed by atoms with Crippen molar-refractivity contribution in [2.75, 3.05) is 11.9 Å². The van der Waals surface area contributed by atoms with Crippen LogP contribution in [0.2, 0.25) is 0 Å². The molecule has 0 radical (unpaired) electrons. The third kappa shape index (κ3) is 6.39. The molecule has 274 valence electrons.